The Labute approximate surface area is 146 Å². The number of benzene rings is 1. The highest BCUT2D eigenvalue weighted by molar-refractivity contribution is 6.07. The fourth-order valence-corrected chi connectivity index (χ4v) is 2.39. The van der Waals surface area contributed by atoms with E-state index in [9.17, 15) is 18.3 Å². The molecule has 0 fully saturated rings. The smallest absolute Gasteiger partial charge is 0.433 e. The Morgan fingerprint density at radius 2 is 2.08 bits per heavy atom. The molecule has 140 valence electrons. The van der Waals surface area contributed by atoms with Crippen LogP contribution in [-0.2, 0) is 6.42 Å². The molecule has 0 saturated heterocycles. The summed E-state index contributed by atoms with van der Waals surface area (Å²) in [5.41, 5.74) is -1.03. The maximum Gasteiger partial charge on any atom is 0.433 e. The number of phenols is 1. The quantitative estimate of drug-likeness (QED) is 0.513. The van der Waals surface area contributed by atoms with E-state index in [0.29, 0.717) is 30.8 Å². The van der Waals surface area contributed by atoms with Gasteiger partial charge in [-0.2, -0.15) is 13.2 Å². The second-order valence-electron chi connectivity index (χ2n) is 5.41. The molecule has 1 aromatic carbocycles. The second kappa shape index (κ2) is 9.96. The first-order chi connectivity index (χ1) is 11.9. The van der Waals surface area contributed by atoms with Crippen LogP contribution in [-0.4, -0.2) is 37.2 Å². The van der Waals surface area contributed by atoms with Gasteiger partial charge in [-0.1, -0.05) is 19.4 Å². The molecule has 0 aliphatic heterocycles. The van der Waals surface area contributed by atoms with Gasteiger partial charge in [0.05, 0.1) is 6.61 Å². The molecule has 0 spiro atoms. The normalized spacial score (nSPS) is 12.6. The number of halogens is 3. The summed E-state index contributed by atoms with van der Waals surface area (Å²) < 4.78 is 44.9. The van der Waals surface area contributed by atoms with Crippen molar-refractivity contribution in [2.45, 2.75) is 39.3 Å². The van der Waals surface area contributed by atoms with Crippen LogP contribution in [0.2, 0.25) is 0 Å². The van der Waals surface area contributed by atoms with Crippen molar-refractivity contribution in [1.82, 2.24) is 5.32 Å². The number of alkyl halides is 3. The van der Waals surface area contributed by atoms with Crippen LogP contribution >= 0.6 is 0 Å². The number of allylic oxidation sites excluding steroid dienone is 1. The minimum atomic E-state index is -4.63. The highest BCUT2D eigenvalue weighted by Crippen LogP contribution is 2.36. The molecular formula is C18H25F3N2O2. The van der Waals surface area contributed by atoms with Crippen molar-refractivity contribution in [3.05, 3.63) is 35.5 Å². The zero-order chi connectivity index (χ0) is 18.9. The van der Waals surface area contributed by atoms with E-state index in [-0.39, 0.29) is 5.56 Å². The maximum atomic E-state index is 13.1. The summed E-state index contributed by atoms with van der Waals surface area (Å²) in [5, 5.41) is 13.4. The zero-order valence-electron chi connectivity index (χ0n) is 14.8. The average molecular weight is 358 g/mol. The molecule has 0 aliphatic carbocycles. The zero-order valence-corrected chi connectivity index (χ0v) is 14.8. The molecule has 0 radical (unpaired) electrons. The summed E-state index contributed by atoms with van der Waals surface area (Å²) in [6, 6.07) is 2.67. The Morgan fingerprint density at radius 1 is 1.36 bits per heavy atom. The first-order valence-corrected chi connectivity index (χ1v) is 8.23. The third kappa shape index (κ3) is 5.99. The minimum Gasteiger partial charge on any atom is -0.507 e. The molecule has 0 amide bonds. The fourth-order valence-electron chi connectivity index (χ4n) is 2.39. The van der Waals surface area contributed by atoms with E-state index in [4.69, 9.17) is 4.74 Å². The first kappa shape index (κ1) is 20.9. The highest BCUT2D eigenvalue weighted by Gasteiger charge is 2.38. The van der Waals surface area contributed by atoms with Gasteiger partial charge in [0, 0.05) is 24.7 Å². The maximum absolute atomic E-state index is 13.1. The molecule has 1 aromatic rings. The van der Waals surface area contributed by atoms with E-state index in [2.05, 4.69) is 10.3 Å². The summed E-state index contributed by atoms with van der Waals surface area (Å²) in [4.78, 5) is 3.30. The van der Waals surface area contributed by atoms with Crippen molar-refractivity contribution in [1.29, 1.82) is 0 Å². The van der Waals surface area contributed by atoms with Gasteiger partial charge in [0.25, 0.3) is 0 Å². The summed E-state index contributed by atoms with van der Waals surface area (Å²) in [5.74, 6) is -0.00363. The van der Waals surface area contributed by atoms with Crippen LogP contribution < -0.4 is 10.1 Å². The monoisotopic (exact) mass is 358 g/mol. The van der Waals surface area contributed by atoms with Crippen LogP contribution in [0.5, 0.6) is 11.5 Å². The number of aromatic hydroxyl groups is 1. The van der Waals surface area contributed by atoms with Crippen molar-refractivity contribution in [2.24, 2.45) is 4.99 Å². The van der Waals surface area contributed by atoms with Gasteiger partial charge in [0.15, 0.2) is 0 Å². The van der Waals surface area contributed by atoms with Gasteiger partial charge in [-0.05, 0) is 38.1 Å². The number of nitrogens with one attached hydrogen (secondary N) is 1. The number of nitrogens with zero attached hydrogens (tertiary/aromatic N) is 1. The number of phenolic OH excluding ortho intramolecular Hbond substituents is 1. The van der Waals surface area contributed by atoms with Gasteiger partial charge in [0.1, 0.15) is 17.2 Å². The number of aliphatic imine (C=N–C) groups is 1. The molecule has 1 rings (SSSR count). The average Bonchev–Trinajstić information content (AvgIpc) is 2.55. The van der Waals surface area contributed by atoms with Crippen LogP contribution in [0, 0.1) is 0 Å². The lowest BCUT2D eigenvalue weighted by molar-refractivity contribution is -0.0582. The lowest BCUT2D eigenvalue weighted by Gasteiger charge is -2.17. The highest BCUT2D eigenvalue weighted by atomic mass is 19.4. The van der Waals surface area contributed by atoms with Crippen molar-refractivity contribution in [3.8, 4) is 11.5 Å². The summed E-state index contributed by atoms with van der Waals surface area (Å²) in [6.45, 7) is 4.90. The molecule has 0 unspecified atom stereocenters. The molecule has 2 N–H and O–H groups in total. The second-order valence-corrected chi connectivity index (χ2v) is 5.41. The van der Waals surface area contributed by atoms with Crippen molar-refractivity contribution < 1.29 is 23.0 Å². The number of hydrogen-bond acceptors (Lipinski definition) is 4. The lowest BCUT2D eigenvalue weighted by atomic mass is 10.00. The Bertz CT molecular complexity index is 611. The van der Waals surface area contributed by atoms with Crippen molar-refractivity contribution in [3.63, 3.8) is 0 Å². The van der Waals surface area contributed by atoms with Crippen LogP contribution in [0.3, 0.4) is 0 Å². The molecule has 0 heterocycles. The van der Waals surface area contributed by atoms with E-state index in [1.807, 2.05) is 26.1 Å². The van der Waals surface area contributed by atoms with E-state index in [0.717, 1.165) is 20.0 Å². The van der Waals surface area contributed by atoms with Gasteiger partial charge < -0.3 is 15.2 Å². The number of ether oxygens (including phenoxy) is 1. The van der Waals surface area contributed by atoms with Crippen LogP contribution in [0.4, 0.5) is 13.2 Å². The Balaban J connectivity index is 2.99. The molecule has 0 aliphatic rings. The standard InChI is InChI=1S/C18H25F3N2O2/c1-4-7-13-15(25-12-6-11-23-10-5-2)9-8-14(16(13)24)17(22-3)18(19,20)21/h5,8-10,23-24H,4,6-7,11-12H2,1-3H3/b10-5+,22-17?. The summed E-state index contributed by atoms with van der Waals surface area (Å²) in [7, 11) is 1.06. The van der Waals surface area contributed by atoms with Crippen molar-refractivity contribution >= 4 is 5.71 Å². The molecule has 0 saturated carbocycles. The Hall–Kier alpha value is -2.18. The molecule has 7 heteroatoms. The first-order valence-electron chi connectivity index (χ1n) is 8.23. The minimum absolute atomic E-state index is 0.319. The van der Waals surface area contributed by atoms with Crippen LogP contribution in [0.1, 0.15) is 37.8 Å². The molecule has 0 aromatic heterocycles. The van der Waals surface area contributed by atoms with Crippen molar-refractivity contribution in [2.75, 3.05) is 20.2 Å². The van der Waals surface area contributed by atoms with E-state index < -0.39 is 17.6 Å². The molecule has 25 heavy (non-hydrogen) atoms. The molecule has 0 atom stereocenters. The van der Waals surface area contributed by atoms with E-state index >= 15 is 0 Å². The summed E-state index contributed by atoms with van der Waals surface area (Å²) in [6.07, 6.45) is 0.886. The topological polar surface area (TPSA) is 53.8 Å². The van der Waals surface area contributed by atoms with E-state index in [1.165, 1.54) is 12.1 Å². The van der Waals surface area contributed by atoms with Crippen LogP contribution in [0.15, 0.2) is 29.4 Å². The van der Waals surface area contributed by atoms with Gasteiger partial charge >= 0.3 is 6.18 Å². The predicted octanol–water partition coefficient (Wildman–Crippen LogP) is 4.22. The summed E-state index contributed by atoms with van der Waals surface area (Å²) >= 11 is 0. The van der Waals surface area contributed by atoms with Gasteiger partial charge in [-0.25, -0.2) is 0 Å². The third-order valence-corrected chi connectivity index (χ3v) is 3.49. The Morgan fingerprint density at radius 3 is 2.64 bits per heavy atom. The molecule has 0 bridgehead atoms. The van der Waals surface area contributed by atoms with Gasteiger partial charge in [-0.15, -0.1) is 0 Å². The van der Waals surface area contributed by atoms with E-state index in [1.54, 1.807) is 0 Å². The number of rotatable bonds is 9. The third-order valence-electron chi connectivity index (χ3n) is 3.49. The predicted molar refractivity (Wildman–Crippen MR) is 93.5 cm³/mol. The SMILES string of the molecule is C/C=C/NCCCOc1ccc(C(=NC)C(F)(F)F)c(O)c1CCC. The lowest BCUT2D eigenvalue weighted by Crippen LogP contribution is -2.24. The molecular weight excluding hydrogens is 333 g/mol. The van der Waals surface area contributed by atoms with Gasteiger partial charge in [-0.3, -0.25) is 4.99 Å². The Kier molecular flexibility index (Phi) is 8.31. The van der Waals surface area contributed by atoms with Crippen LogP contribution in [0.25, 0.3) is 0 Å². The fraction of sp³-hybridized carbons (Fsp3) is 0.500. The largest absolute Gasteiger partial charge is 0.507 e. The van der Waals surface area contributed by atoms with Gasteiger partial charge in [0.2, 0.25) is 0 Å². The number of hydrogen-bond donors (Lipinski definition) is 2. The molecule has 4 nitrogen and oxygen atoms in total.